The van der Waals surface area contributed by atoms with Gasteiger partial charge in [-0.3, -0.25) is 14.5 Å². The Hall–Kier alpha value is -2.87. The predicted molar refractivity (Wildman–Crippen MR) is 103 cm³/mol. The molecule has 2 aromatic rings. The van der Waals surface area contributed by atoms with E-state index in [0.717, 1.165) is 12.1 Å². The number of nitrogens with zero attached hydrogens (tertiary/aromatic N) is 2. The van der Waals surface area contributed by atoms with E-state index in [1.165, 1.54) is 12.1 Å². The second-order valence-corrected chi connectivity index (χ2v) is 6.93. The maximum atomic E-state index is 12.6. The van der Waals surface area contributed by atoms with Crippen LogP contribution in [0.15, 0.2) is 54.6 Å². The Morgan fingerprint density at radius 3 is 2.07 bits per heavy atom. The van der Waals surface area contributed by atoms with Gasteiger partial charge in [0.25, 0.3) is 5.91 Å². The Bertz CT molecular complexity index is 846. The first-order valence-corrected chi connectivity index (χ1v) is 9.32. The quantitative estimate of drug-likeness (QED) is 0.847. The van der Waals surface area contributed by atoms with Gasteiger partial charge in [-0.1, -0.05) is 18.2 Å². The lowest BCUT2D eigenvalue weighted by Gasteiger charge is -2.37. The molecule has 0 aliphatic carbocycles. The van der Waals surface area contributed by atoms with Crippen molar-refractivity contribution < 1.29 is 22.8 Å². The van der Waals surface area contributed by atoms with Gasteiger partial charge >= 0.3 is 6.18 Å². The Morgan fingerprint density at radius 2 is 1.52 bits per heavy atom. The van der Waals surface area contributed by atoms with Crippen LogP contribution in [-0.4, -0.2) is 53.8 Å². The lowest BCUT2D eigenvalue weighted by molar-refractivity contribution is -0.137. The number of anilines is 1. The van der Waals surface area contributed by atoms with Crippen LogP contribution in [0.4, 0.5) is 18.9 Å². The van der Waals surface area contributed by atoms with Crippen molar-refractivity contribution >= 4 is 17.5 Å². The number of hydrogen-bond donors (Lipinski definition) is 1. The third kappa shape index (κ3) is 5.14. The van der Waals surface area contributed by atoms with Crippen molar-refractivity contribution in [1.29, 1.82) is 0 Å². The molecule has 1 fully saturated rings. The third-order valence-corrected chi connectivity index (χ3v) is 5.03. The molecule has 0 radical (unpaired) electrons. The van der Waals surface area contributed by atoms with Crippen LogP contribution in [0, 0.1) is 0 Å². The largest absolute Gasteiger partial charge is 0.416 e. The van der Waals surface area contributed by atoms with E-state index < -0.39 is 17.8 Å². The molecule has 3 rings (SSSR count). The summed E-state index contributed by atoms with van der Waals surface area (Å²) in [6, 6.07) is 12.9. The number of piperazine rings is 1. The van der Waals surface area contributed by atoms with E-state index in [1.807, 2.05) is 23.1 Å². The number of benzene rings is 2. The first kappa shape index (κ1) is 20.9. The Morgan fingerprint density at radius 1 is 0.931 bits per heavy atom. The van der Waals surface area contributed by atoms with Crippen LogP contribution in [0.5, 0.6) is 0 Å². The minimum atomic E-state index is -4.41. The molecule has 2 aromatic carbocycles. The van der Waals surface area contributed by atoms with Gasteiger partial charge in [0.05, 0.1) is 11.6 Å². The average molecular weight is 405 g/mol. The maximum absolute atomic E-state index is 12.6. The van der Waals surface area contributed by atoms with Crippen molar-refractivity contribution in [2.45, 2.75) is 19.1 Å². The van der Waals surface area contributed by atoms with Crippen LogP contribution in [0.25, 0.3) is 0 Å². The van der Waals surface area contributed by atoms with E-state index in [0.29, 0.717) is 37.4 Å². The summed E-state index contributed by atoms with van der Waals surface area (Å²) < 4.78 is 37.9. The van der Waals surface area contributed by atoms with Gasteiger partial charge < -0.3 is 10.2 Å². The van der Waals surface area contributed by atoms with Crippen molar-refractivity contribution in [2.75, 3.05) is 31.5 Å². The highest BCUT2D eigenvalue weighted by Gasteiger charge is 2.30. The maximum Gasteiger partial charge on any atom is 0.416 e. The number of rotatable bonds is 4. The summed E-state index contributed by atoms with van der Waals surface area (Å²) in [5.41, 5.74) is 0.185. The summed E-state index contributed by atoms with van der Waals surface area (Å²) in [4.78, 5) is 28.7. The SMILES string of the molecule is CC(C(=O)Nc1ccc(C(F)(F)F)cc1)N1CCN(C(=O)c2ccccc2)CC1. The lowest BCUT2D eigenvalue weighted by Crippen LogP contribution is -2.54. The van der Waals surface area contributed by atoms with E-state index in [-0.39, 0.29) is 11.8 Å². The predicted octanol–water partition coefficient (Wildman–Crippen LogP) is 3.49. The molecule has 1 N–H and O–H groups in total. The van der Waals surface area contributed by atoms with Gasteiger partial charge in [-0.25, -0.2) is 0 Å². The highest BCUT2D eigenvalue weighted by molar-refractivity contribution is 5.95. The van der Waals surface area contributed by atoms with Gasteiger partial charge in [-0.05, 0) is 43.3 Å². The second-order valence-electron chi connectivity index (χ2n) is 6.93. The summed E-state index contributed by atoms with van der Waals surface area (Å²) >= 11 is 0. The van der Waals surface area contributed by atoms with Crippen LogP contribution < -0.4 is 5.32 Å². The van der Waals surface area contributed by atoms with Crippen molar-refractivity contribution in [3.8, 4) is 0 Å². The molecule has 1 atom stereocenters. The average Bonchev–Trinajstić information content (AvgIpc) is 2.73. The highest BCUT2D eigenvalue weighted by atomic mass is 19.4. The number of amides is 2. The van der Waals surface area contributed by atoms with Gasteiger partial charge in [-0.2, -0.15) is 13.2 Å². The van der Waals surface area contributed by atoms with Gasteiger partial charge in [-0.15, -0.1) is 0 Å². The van der Waals surface area contributed by atoms with Crippen molar-refractivity contribution in [3.05, 3.63) is 65.7 Å². The molecule has 1 heterocycles. The van der Waals surface area contributed by atoms with Gasteiger partial charge in [0.1, 0.15) is 0 Å². The molecular formula is C21H22F3N3O2. The van der Waals surface area contributed by atoms with Gasteiger partial charge in [0.15, 0.2) is 0 Å². The fraction of sp³-hybridized carbons (Fsp3) is 0.333. The molecule has 1 aliphatic heterocycles. The molecule has 0 bridgehead atoms. The molecule has 2 amide bonds. The normalized spacial score (nSPS) is 16.3. The zero-order valence-corrected chi connectivity index (χ0v) is 15.9. The van der Waals surface area contributed by atoms with Gasteiger partial charge in [0.2, 0.25) is 5.91 Å². The van der Waals surface area contributed by atoms with Crippen LogP contribution in [-0.2, 0) is 11.0 Å². The van der Waals surface area contributed by atoms with Crippen molar-refractivity contribution in [1.82, 2.24) is 9.80 Å². The fourth-order valence-corrected chi connectivity index (χ4v) is 3.23. The minimum Gasteiger partial charge on any atom is -0.336 e. The lowest BCUT2D eigenvalue weighted by atomic mass is 10.1. The third-order valence-electron chi connectivity index (χ3n) is 5.03. The summed E-state index contributed by atoms with van der Waals surface area (Å²) in [5, 5.41) is 2.65. The summed E-state index contributed by atoms with van der Waals surface area (Å²) in [6.45, 7) is 3.84. The molecule has 0 saturated carbocycles. The summed E-state index contributed by atoms with van der Waals surface area (Å²) in [7, 11) is 0. The standard InChI is InChI=1S/C21H22F3N3O2/c1-15(19(28)25-18-9-7-17(8-10-18)21(22,23)24)26-11-13-27(14-12-26)20(29)16-5-3-2-4-6-16/h2-10,15H,11-14H2,1H3,(H,25,28). The molecule has 1 saturated heterocycles. The highest BCUT2D eigenvalue weighted by Crippen LogP contribution is 2.29. The van der Waals surface area contributed by atoms with E-state index in [1.54, 1.807) is 24.0 Å². The first-order chi connectivity index (χ1) is 13.8. The monoisotopic (exact) mass is 405 g/mol. The van der Waals surface area contributed by atoms with E-state index in [4.69, 9.17) is 0 Å². The van der Waals surface area contributed by atoms with Crippen molar-refractivity contribution in [3.63, 3.8) is 0 Å². The van der Waals surface area contributed by atoms with E-state index in [2.05, 4.69) is 5.32 Å². The number of carbonyl (C=O) groups is 2. The van der Waals surface area contributed by atoms with Crippen LogP contribution in [0.2, 0.25) is 0 Å². The van der Waals surface area contributed by atoms with Crippen LogP contribution >= 0.6 is 0 Å². The molecule has 0 spiro atoms. The minimum absolute atomic E-state index is 0.0351. The molecule has 0 aromatic heterocycles. The Balaban J connectivity index is 1.53. The van der Waals surface area contributed by atoms with Crippen LogP contribution in [0.1, 0.15) is 22.8 Å². The number of hydrogen-bond acceptors (Lipinski definition) is 3. The number of alkyl halides is 3. The van der Waals surface area contributed by atoms with Gasteiger partial charge in [0, 0.05) is 37.4 Å². The molecule has 1 unspecified atom stereocenters. The first-order valence-electron chi connectivity index (χ1n) is 9.32. The van der Waals surface area contributed by atoms with Crippen molar-refractivity contribution in [2.24, 2.45) is 0 Å². The Labute approximate surface area is 167 Å². The number of nitrogens with one attached hydrogen (secondary N) is 1. The number of halogens is 3. The molecule has 1 aliphatic rings. The summed E-state index contributed by atoms with van der Waals surface area (Å²) in [5.74, 6) is -0.334. The zero-order valence-electron chi connectivity index (χ0n) is 15.9. The van der Waals surface area contributed by atoms with E-state index in [9.17, 15) is 22.8 Å². The zero-order chi connectivity index (χ0) is 21.0. The van der Waals surface area contributed by atoms with E-state index >= 15 is 0 Å². The molecule has 8 heteroatoms. The summed E-state index contributed by atoms with van der Waals surface area (Å²) in [6.07, 6.45) is -4.41. The van der Waals surface area contributed by atoms with Crippen LogP contribution in [0.3, 0.4) is 0 Å². The number of carbonyl (C=O) groups excluding carboxylic acids is 2. The second kappa shape index (κ2) is 8.65. The Kier molecular flexibility index (Phi) is 6.22. The smallest absolute Gasteiger partial charge is 0.336 e. The molecular weight excluding hydrogens is 383 g/mol. The molecule has 154 valence electrons. The fourth-order valence-electron chi connectivity index (χ4n) is 3.23. The molecule has 29 heavy (non-hydrogen) atoms. The topological polar surface area (TPSA) is 52.7 Å². The molecule has 5 nitrogen and oxygen atoms in total.